The van der Waals surface area contributed by atoms with Gasteiger partial charge >= 0.3 is 12.1 Å². The first-order valence-electron chi connectivity index (χ1n) is 13.1. The number of rotatable bonds is 8. The number of fused-ring (bicyclic) bond motifs is 3. The number of alkyl carbamates (subject to hydrolysis) is 1. The summed E-state index contributed by atoms with van der Waals surface area (Å²) in [6, 6.07) is 11.8. The SMILES string of the molecule is CC(C)(C)[C@H](NC(=O)OCCC/C=C/c1ccc2c(c1)C(=N)c1ccccc1-2)C(=O)N1C[C@H](O)C[C@H]1C(=O)O. The largest absolute Gasteiger partial charge is 0.480 e. The number of carboxylic acid groups (broad SMARTS) is 1. The summed E-state index contributed by atoms with van der Waals surface area (Å²) in [4.78, 5) is 38.3. The molecule has 206 valence electrons. The molecule has 4 rings (SSSR count). The van der Waals surface area contributed by atoms with Crippen molar-refractivity contribution >= 4 is 29.8 Å². The van der Waals surface area contributed by atoms with Gasteiger partial charge in [-0.3, -0.25) is 10.2 Å². The van der Waals surface area contributed by atoms with E-state index in [1.54, 1.807) is 20.8 Å². The minimum atomic E-state index is -1.19. The number of aliphatic hydroxyl groups is 1. The number of carbonyl (C=O) groups excluding carboxylic acids is 2. The number of aliphatic carboxylic acids is 1. The lowest BCUT2D eigenvalue weighted by molar-refractivity contribution is -0.150. The molecular formula is C30H35N3O6. The van der Waals surface area contributed by atoms with Gasteiger partial charge in [-0.05, 0) is 41.0 Å². The summed E-state index contributed by atoms with van der Waals surface area (Å²) in [6.45, 7) is 5.35. The van der Waals surface area contributed by atoms with Gasteiger partial charge in [0.1, 0.15) is 12.1 Å². The van der Waals surface area contributed by atoms with Gasteiger partial charge in [0, 0.05) is 24.1 Å². The minimum Gasteiger partial charge on any atom is -0.480 e. The molecule has 1 aliphatic heterocycles. The number of carboxylic acids is 1. The lowest BCUT2D eigenvalue weighted by Gasteiger charge is -2.34. The highest BCUT2D eigenvalue weighted by molar-refractivity contribution is 6.23. The predicted molar refractivity (Wildman–Crippen MR) is 148 cm³/mol. The average Bonchev–Trinajstić information content (AvgIpc) is 3.42. The number of likely N-dealkylation sites (tertiary alicyclic amines) is 1. The summed E-state index contributed by atoms with van der Waals surface area (Å²) in [6.07, 6.45) is 3.48. The highest BCUT2D eigenvalue weighted by Gasteiger charge is 2.44. The second kappa shape index (κ2) is 11.4. The number of hydrogen-bond acceptors (Lipinski definition) is 6. The first kappa shape index (κ1) is 28.0. The van der Waals surface area contributed by atoms with Gasteiger partial charge in [0.25, 0.3) is 0 Å². The molecule has 0 bridgehead atoms. The van der Waals surface area contributed by atoms with E-state index in [4.69, 9.17) is 10.1 Å². The highest BCUT2D eigenvalue weighted by Crippen LogP contribution is 2.36. The number of aliphatic hydroxyl groups excluding tert-OH is 1. The molecule has 9 nitrogen and oxygen atoms in total. The van der Waals surface area contributed by atoms with E-state index < -0.39 is 41.6 Å². The summed E-state index contributed by atoms with van der Waals surface area (Å²) in [5.41, 5.74) is 4.82. The second-order valence-electron chi connectivity index (χ2n) is 11.1. The molecule has 1 heterocycles. The molecule has 0 saturated carbocycles. The normalized spacial score (nSPS) is 19.1. The number of β-amino-alcohol motifs (C(OH)–C–C–N with tert-alkyl or cyclic N) is 1. The Balaban J connectivity index is 1.26. The Morgan fingerprint density at radius 3 is 2.51 bits per heavy atom. The Morgan fingerprint density at radius 2 is 1.82 bits per heavy atom. The summed E-state index contributed by atoms with van der Waals surface area (Å²) in [7, 11) is 0. The number of allylic oxidation sites excluding steroid dienone is 1. The van der Waals surface area contributed by atoms with Crippen LogP contribution in [0.25, 0.3) is 17.2 Å². The molecule has 3 atom stereocenters. The molecule has 0 spiro atoms. The van der Waals surface area contributed by atoms with Crippen LogP contribution in [0, 0.1) is 10.8 Å². The summed E-state index contributed by atoms with van der Waals surface area (Å²) in [5.74, 6) is -1.75. The average molecular weight is 534 g/mol. The molecule has 0 radical (unpaired) electrons. The zero-order valence-corrected chi connectivity index (χ0v) is 22.4. The van der Waals surface area contributed by atoms with Crippen LogP contribution in [0.3, 0.4) is 0 Å². The second-order valence-corrected chi connectivity index (χ2v) is 11.1. The van der Waals surface area contributed by atoms with Crippen molar-refractivity contribution in [3.05, 3.63) is 65.2 Å². The number of nitrogens with zero attached hydrogens (tertiary/aromatic N) is 1. The van der Waals surface area contributed by atoms with E-state index in [2.05, 4.69) is 5.32 Å². The molecular weight excluding hydrogens is 498 g/mol. The van der Waals surface area contributed by atoms with Crippen molar-refractivity contribution in [3.63, 3.8) is 0 Å². The van der Waals surface area contributed by atoms with Gasteiger partial charge in [-0.25, -0.2) is 9.59 Å². The molecule has 2 aliphatic rings. The number of unbranched alkanes of at least 4 members (excludes halogenated alkanes) is 1. The smallest absolute Gasteiger partial charge is 0.407 e. The van der Waals surface area contributed by atoms with Gasteiger partial charge in [0.05, 0.1) is 18.4 Å². The Kier molecular flexibility index (Phi) is 8.20. The fourth-order valence-corrected chi connectivity index (χ4v) is 5.04. The van der Waals surface area contributed by atoms with Crippen LogP contribution >= 0.6 is 0 Å². The van der Waals surface area contributed by atoms with Gasteiger partial charge in [0.2, 0.25) is 5.91 Å². The standard InChI is InChI=1S/C30H35N3O6/c1-30(2,3)26(27(35)33-17-19(34)16-24(33)28(36)37)32-29(38)39-14-8-4-5-9-18-12-13-21-20-10-6-7-11-22(20)25(31)23(21)15-18/h5-7,9-13,15,19,24,26,31,34H,4,8,14,16-17H2,1-3H3,(H,32,38)(H,36,37)/b9-5+,31-25?/t19-,24+,26-/m1/s1. The number of carbonyl (C=O) groups is 3. The molecule has 2 aromatic carbocycles. The van der Waals surface area contributed by atoms with Crippen molar-refractivity contribution in [2.75, 3.05) is 13.2 Å². The van der Waals surface area contributed by atoms with Gasteiger partial charge in [-0.15, -0.1) is 0 Å². The first-order chi connectivity index (χ1) is 18.5. The van der Waals surface area contributed by atoms with Gasteiger partial charge in [-0.2, -0.15) is 0 Å². The monoisotopic (exact) mass is 533 g/mol. The third kappa shape index (κ3) is 6.20. The van der Waals surface area contributed by atoms with Crippen LogP contribution in [0.4, 0.5) is 4.79 Å². The van der Waals surface area contributed by atoms with E-state index >= 15 is 0 Å². The van der Waals surface area contributed by atoms with Gasteiger partial charge in [0.15, 0.2) is 0 Å². The number of hydrogen-bond donors (Lipinski definition) is 4. The minimum absolute atomic E-state index is 0.0441. The molecule has 4 N–H and O–H groups in total. The van der Waals surface area contributed by atoms with E-state index in [0.717, 1.165) is 32.7 Å². The number of benzene rings is 2. The van der Waals surface area contributed by atoms with Crippen LogP contribution in [0.2, 0.25) is 0 Å². The lowest BCUT2D eigenvalue weighted by Crippen LogP contribution is -2.56. The van der Waals surface area contributed by atoms with E-state index in [9.17, 15) is 24.6 Å². The molecule has 1 fully saturated rings. The predicted octanol–water partition coefficient (Wildman–Crippen LogP) is 4.06. The van der Waals surface area contributed by atoms with Crippen LogP contribution in [-0.2, 0) is 14.3 Å². The Labute approximate surface area is 228 Å². The molecule has 2 aromatic rings. The summed E-state index contributed by atoms with van der Waals surface area (Å²) >= 11 is 0. The van der Waals surface area contributed by atoms with Crippen LogP contribution in [0.5, 0.6) is 0 Å². The third-order valence-electron chi connectivity index (χ3n) is 7.08. The Bertz CT molecular complexity index is 1310. The fraction of sp³-hybridized carbons (Fsp3) is 0.400. The zero-order chi connectivity index (χ0) is 28.3. The third-order valence-corrected chi connectivity index (χ3v) is 7.08. The number of amides is 2. The maximum Gasteiger partial charge on any atom is 0.407 e. The van der Waals surface area contributed by atoms with E-state index in [0.29, 0.717) is 18.6 Å². The first-order valence-corrected chi connectivity index (χ1v) is 13.1. The van der Waals surface area contributed by atoms with Crippen molar-refractivity contribution < 1.29 is 29.3 Å². The number of nitrogens with one attached hydrogen (secondary N) is 2. The Hall–Kier alpha value is -3.98. The molecule has 9 heteroatoms. The van der Waals surface area contributed by atoms with Crippen molar-refractivity contribution in [1.29, 1.82) is 5.41 Å². The van der Waals surface area contributed by atoms with E-state index in [1.807, 2.05) is 54.6 Å². The maximum absolute atomic E-state index is 13.2. The molecule has 2 amide bonds. The fourth-order valence-electron chi connectivity index (χ4n) is 5.04. The van der Waals surface area contributed by atoms with Crippen molar-refractivity contribution in [2.45, 2.75) is 58.2 Å². The van der Waals surface area contributed by atoms with Crippen molar-refractivity contribution in [3.8, 4) is 11.1 Å². The molecule has 0 aromatic heterocycles. The van der Waals surface area contributed by atoms with Crippen LogP contribution in [-0.4, -0.2) is 70.1 Å². The lowest BCUT2D eigenvalue weighted by atomic mass is 9.85. The summed E-state index contributed by atoms with van der Waals surface area (Å²) in [5, 5.41) is 30.4. The van der Waals surface area contributed by atoms with Gasteiger partial charge < -0.3 is 25.2 Å². The van der Waals surface area contributed by atoms with E-state index in [1.165, 1.54) is 0 Å². The molecule has 1 aliphatic carbocycles. The maximum atomic E-state index is 13.2. The molecule has 1 saturated heterocycles. The highest BCUT2D eigenvalue weighted by atomic mass is 16.5. The quantitative estimate of drug-likeness (QED) is 0.322. The summed E-state index contributed by atoms with van der Waals surface area (Å²) < 4.78 is 5.29. The Morgan fingerprint density at radius 1 is 1.13 bits per heavy atom. The molecule has 0 unspecified atom stereocenters. The van der Waals surface area contributed by atoms with Crippen LogP contribution < -0.4 is 5.32 Å². The van der Waals surface area contributed by atoms with Crippen molar-refractivity contribution in [1.82, 2.24) is 10.2 Å². The van der Waals surface area contributed by atoms with E-state index in [-0.39, 0.29) is 19.6 Å². The topological polar surface area (TPSA) is 140 Å². The van der Waals surface area contributed by atoms with Gasteiger partial charge in [-0.1, -0.05) is 69.3 Å². The number of ether oxygens (including phenoxy) is 1. The zero-order valence-electron chi connectivity index (χ0n) is 22.4. The van der Waals surface area contributed by atoms with Crippen LogP contribution in [0.1, 0.15) is 56.7 Å². The molecule has 39 heavy (non-hydrogen) atoms. The van der Waals surface area contributed by atoms with Crippen LogP contribution in [0.15, 0.2) is 48.5 Å². The van der Waals surface area contributed by atoms with Crippen molar-refractivity contribution in [2.24, 2.45) is 5.41 Å².